The largest absolute Gasteiger partial charge is 0.508 e. The predicted octanol–water partition coefficient (Wildman–Crippen LogP) is 4.46. The van der Waals surface area contributed by atoms with Crippen molar-refractivity contribution >= 4 is 35.6 Å². The van der Waals surface area contributed by atoms with Crippen LogP contribution in [0.1, 0.15) is 34.0 Å². The van der Waals surface area contributed by atoms with Gasteiger partial charge in [-0.1, -0.05) is 18.2 Å². The Balaban J connectivity index is 1.69. The summed E-state index contributed by atoms with van der Waals surface area (Å²) >= 11 is 0. The Morgan fingerprint density at radius 3 is 2.35 bits per heavy atom. The SMILES string of the molecule is C=CCc1cc(/C=C2\C(=O)NC(=O)N(c3ccc(O)cc3)C2=O)cc(OCC)c1OCc1ccc(C(=O)O)cc1. The van der Waals surface area contributed by atoms with Gasteiger partial charge in [-0.05, 0) is 79.1 Å². The van der Waals surface area contributed by atoms with Gasteiger partial charge in [0.1, 0.15) is 17.9 Å². The van der Waals surface area contributed by atoms with E-state index < -0.39 is 23.8 Å². The van der Waals surface area contributed by atoms with Gasteiger partial charge in [-0.3, -0.25) is 14.9 Å². The number of allylic oxidation sites excluding steroid dienone is 1. The van der Waals surface area contributed by atoms with Crippen LogP contribution in [0.25, 0.3) is 6.08 Å². The number of ether oxygens (including phenoxy) is 2. The Morgan fingerprint density at radius 1 is 1.02 bits per heavy atom. The Labute approximate surface area is 229 Å². The lowest BCUT2D eigenvalue weighted by atomic mass is 10.0. The van der Waals surface area contributed by atoms with Gasteiger partial charge in [0.05, 0.1) is 17.9 Å². The van der Waals surface area contributed by atoms with Crippen LogP contribution in [0.2, 0.25) is 0 Å². The van der Waals surface area contributed by atoms with Crippen LogP contribution < -0.4 is 19.7 Å². The molecule has 0 bridgehead atoms. The summed E-state index contributed by atoms with van der Waals surface area (Å²) in [4.78, 5) is 50.3. The summed E-state index contributed by atoms with van der Waals surface area (Å²) in [5.74, 6) is -1.94. The van der Waals surface area contributed by atoms with E-state index in [1.54, 1.807) is 37.3 Å². The summed E-state index contributed by atoms with van der Waals surface area (Å²) in [6.45, 7) is 6.03. The zero-order valence-corrected chi connectivity index (χ0v) is 21.5. The first-order chi connectivity index (χ1) is 19.2. The molecule has 0 aromatic heterocycles. The fourth-order valence-corrected chi connectivity index (χ4v) is 4.06. The second-order valence-corrected chi connectivity index (χ2v) is 8.70. The van der Waals surface area contributed by atoms with Crippen LogP contribution >= 0.6 is 0 Å². The van der Waals surface area contributed by atoms with Gasteiger partial charge < -0.3 is 19.7 Å². The molecule has 0 spiro atoms. The highest BCUT2D eigenvalue weighted by atomic mass is 16.5. The molecular formula is C30H26N2O8. The van der Waals surface area contributed by atoms with Crippen molar-refractivity contribution < 1.29 is 38.9 Å². The number of amides is 4. The monoisotopic (exact) mass is 542 g/mol. The van der Waals surface area contributed by atoms with Gasteiger partial charge in [-0.2, -0.15) is 0 Å². The van der Waals surface area contributed by atoms with Crippen molar-refractivity contribution in [3.8, 4) is 17.2 Å². The number of hydrogen-bond donors (Lipinski definition) is 3. The molecule has 1 aliphatic rings. The molecule has 4 rings (SSSR count). The Kier molecular flexibility index (Phi) is 8.29. The molecular weight excluding hydrogens is 516 g/mol. The molecule has 1 saturated heterocycles. The van der Waals surface area contributed by atoms with E-state index in [1.165, 1.54) is 42.5 Å². The van der Waals surface area contributed by atoms with E-state index in [9.17, 15) is 24.3 Å². The van der Waals surface area contributed by atoms with Crippen molar-refractivity contribution in [1.29, 1.82) is 0 Å². The number of nitrogens with one attached hydrogen (secondary N) is 1. The molecule has 0 saturated carbocycles. The average Bonchev–Trinajstić information content (AvgIpc) is 2.92. The van der Waals surface area contributed by atoms with Crippen LogP contribution in [0.5, 0.6) is 17.2 Å². The zero-order valence-electron chi connectivity index (χ0n) is 21.5. The highest BCUT2D eigenvalue weighted by Crippen LogP contribution is 2.36. The summed E-state index contributed by atoms with van der Waals surface area (Å²) in [7, 11) is 0. The molecule has 3 N–H and O–H groups in total. The van der Waals surface area contributed by atoms with E-state index in [-0.39, 0.29) is 29.2 Å². The van der Waals surface area contributed by atoms with E-state index in [2.05, 4.69) is 11.9 Å². The molecule has 204 valence electrons. The maximum absolute atomic E-state index is 13.3. The number of rotatable bonds is 10. The number of carboxylic acid groups (broad SMARTS) is 1. The Bertz CT molecular complexity index is 1510. The second-order valence-electron chi connectivity index (χ2n) is 8.70. The summed E-state index contributed by atoms with van der Waals surface area (Å²) in [5.41, 5.74) is 1.94. The molecule has 1 fully saturated rings. The van der Waals surface area contributed by atoms with Gasteiger partial charge in [0.25, 0.3) is 11.8 Å². The molecule has 0 unspecified atom stereocenters. The van der Waals surface area contributed by atoms with Gasteiger partial charge in [-0.15, -0.1) is 6.58 Å². The first-order valence-electron chi connectivity index (χ1n) is 12.3. The maximum Gasteiger partial charge on any atom is 0.335 e. The number of carbonyl (C=O) groups is 4. The number of nitrogens with zero attached hydrogens (tertiary/aromatic N) is 1. The number of phenolic OH excluding ortho intramolecular Hbond substituents is 1. The molecule has 4 amide bonds. The van der Waals surface area contributed by atoms with Crippen molar-refractivity contribution in [2.24, 2.45) is 0 Å². The molecule has 0 atom stereocenters. The van der Waals surface area contributed by atoms with E-state index in [0.717, 1.165) is 10.5 Å². The summed E-state index contributed by atoms with van der Waals surface area (Å²) in [6, 6.07) is 14.2. The standard InChI is InChI=1S/C30H26N2O8/c1-3-5-21-14-19(15-24-27(34)31-30(38)32(28(24)35)22-10-12-23(33)13-11-22)16-25(39-4-2)26(21)40-17-18-6-8-20(9-7-18)29(36)37/h3,6-16,33H,1,4-5,17H2,2H3,(H,36,37)(H,31,34,38)/b24-15+. The van der Waals surface area contributed by atoms with Crippen molar-refractivity contribution in [3.63, 3.8) is 0 Å². The molecule has 0 radical (unpaired) electrons. The quantitative estimate of drug-likeness (QED) is 0.194. The highest BCUT2D eigenvalue weighted by molar-refractivity contribution is 6.39. The van der Waals surface area contributed by atoms with Crippen LogP contribution in [0.4, 0.5) is 10.5 Å². The number of carbonyl (C=O) groups excluding carboxylic acids is 3. The summed E-state index contributed by atoms with van der Waals surface area (Å²) < 4.78 is 11.9. The minimum Gasteiger partial charge on any atom is -0.508 e. The summed E-state index contributed by atoms with van der Waals surface area (Å²) in [5, 5.41) is 20.8. The topological polar surface area (TPSA) is 142 Å². The Morgan fingerprint density at radius 2 is 1.73 bits per heavy atom. The van der Waals surface area contributed by atoms with Gasteiger partial charge in [-0.25, -0.2) is 14.5 Å². The number of aromatic carboxylic acids is 1. The number of barbiturate groups is 1. The smallest absolute Gasteiger partial charge is 0.335 e. The number of imide groups is 2. The molecule has 40 heavy (non-hydrogen) atoms. The third-order valence-corrected chi connectivity index (χ3v) is 5.92. The van der Waals surface area contributed by atoms with Crippen molar-refractivity contribution in [2.75, 3.05) is 11.5 Å². The van der Waals surface area contributed by atoms with E-state index in [1.807, 2.05) is 0 Å². The number of aromatic hydroxyl groups is 1. The number of hydrogen-bond acceptors (Lipinski definition) is 7. The van der Waals surface area contributed by atoms with Crippen LogP contribution in [-0.2, 0) is 22.6 Å². The fourth-order valence-electron chi connectivity index (χ4n) is 4.06. The van der Waals surface area contributed by atoms with Crippen LogP contribution in [0, 0.1) is 0 Å². The lowest BCUT2D eigenvalue weighted by Gasteiger charge is -2.26. The van der Waals surface area contributed by atoms with Gasteiger partial charge in [0, 0.05) is 5.56 Å². The lowest BCUT2D eigenvalue weighted by Crippen LogP contribution is -2.54. The first-order valence-corrected chi connectivity index (χ1v) is 12.3. The molecule has 3 aromatic rings. The first kappa shape index (κ1) is 27.6. The summed E-state index contributed by atoms with van der Waals surface area (Å²) in [6.07, 6.45) is 3.41. The molecule has 3 aromatic carbocycles. The normalized spacial score (nSPS) is 14.2. The van der Waals surface area contributed by atoms with Crippen LogP contribution in [0.15, 0.2) is 78.9 Å². The number of anilines is 1. The number of benzene rings is 3. The van der Waals surface area contributed by atoms with Crippen LogP contribution in [0.3, 0.4) is 0 Å². The van der Waals surface area contributed by atoms with Gasteiger partial charge in [0.2, 0.25) is 0 Å². The predicted molar refractivity (Wildman–Crippen MR) is 146 cm³/mol. The minimum atomic E-state index is -1.02. The van der Waals surface area contributed by atoms with Gasteiger partial charge in [0.15, 0.2) is 11.5 Å². The second kappa shape index (κ2) is 12.0. The molecule has 1 aliphatic heterocycles. The average molecular weight is 543 g/mol. The minimum absolute atomic E-state index is 0.0433. The fraction of sp³-hybridized carbons (Fsp3) is 0.133. The van der Waals surface area contributed by atoms with Crippen LogP contribution in [-0.4, -0.2) is 40.6 Å². The molecule has 10 heteroatoms. The Hall–Kier alpha value is -5.38. The molecule has 0 aliphatic carbocycles. The number of carboxylic acids is 1. The highest BCUT2D eigenvalue weighted by Gasteiger charge is 2.37. The third-order valence-electron chi connectivity index (χ3n) is 5.92. The van der Waals surface area contributed by atoms with Crippen molar-refractivity contribution in [1.82, 2.24) is 5.32 Å². The van der Waals surface area contributed by atoms with Crippen molar-refractivity contribution in [2.45, 2.75) is 20.0 Å². The van der Waals surface area contributed by atoms with Gasteiger partial charge >= 0.3 is 12.0 Å². The maximum atomic E-state index is 13.3. The van der Waals surface area contributed by atoms with Crippen molar-refractivity contribution in [3.05, 3.63) is 101 Å². The zero-order chi connectivity index (χ0) is 28.8. The molecule has 10 nitrogen and oxygen atoms in total. The molecule has 1 heterocycles. The number of urea groups is 1. The van der Waals surface area contributed by atoms with E-state index in [4.69, 9.17) is 14.6 Å². The number of phenols is 1. The third kappa shape index (κ3) is 6.02. The lowest BCUT2D eigenvalue weighted by molar-refractivity contribution is -0.122. The van der Waals surface area contributed by atoms with E-state index >= 15 is 0 Å². The van der Waals surface area contributed by atoms with E-state index in [0.29, 0.717) is 35.7 Å².